The molecule has 0 bridgehead atoms. The maximum absolute atomic E-state index is 13.2. The first-order chi connectivity index (χ1) is 14.9. The van der Waals surface area contributed by atoms with E-state index in [0.29, 0.717) is 27.5 Å². The Morgan fingerprint density at radius 2 is 1.97 bits per heavy atom. The number of fused-ring (bicyclic) bond motifs is 1. The molecule has 1 aromatic carbocycles. The van der Waals surface area contributed by atoms with Gasteiger partial charge in [0.25, 0.3) is 5.91 Å². The molecule has 4 heterocycles. The number of benzene rings is 1. The minimum atomic E-state index is -0.987. The fraction of sp³-hybridized carbons (Fsp3) is 0.0952. The van der Waals surface area contributed by atoms with Crippen LogP contribution in [0.4, 0.5) is 5.95 Å². The second-order valence-corrected chi connectivity index (χ2v) is 7.38. The molecule has 10 heteroatoms. The SMILES string of the molecule is Cc1ccc(C(=O)C2=C(O)C(=O)N(c3ncc4[nH]cnc4n3)C2c2ccc(Cl)cc2)o1. The highest BCUT2D eigenvalue weighted by Gasteiger charge is 2.46. The predicted octanol–water partition coefficient (Wildman–Crippen LogP) is 3.69. The molecule has 0 saturated heterocycles. The summed E-state index contributed by atoms with van der Waals surface area (Å²) >= 11 is 6.02. The monoisotopic (exact) mass is 435 g/mol. The quantitative estimate of drug-likeness (QED) is 0.468. The third-order valence-corrected chi connectivity index (χ3v) is 5.23. The molecule has 0 radical (unpaired) electrons. The maximum atomic E-state index is 13.2. The number of furan rings is 1. The van der Waals surface area contributed by atoms with Gasteiger partial charge in [0.15, 0.2) is 17.2 Å². The van der Waals surface area contributed by atoms with Crippen LogP contribution in [0.1, 0.15) is 27.9 Å². The van der Waals surface area contributed by atoms with Crippen molar-refractivity contribution in [3.05, 3.63) is 82.4 Å². The van der Waals surface area contributed by atoms with E-state index in [1.54, 1.807) is 37.3 Å². The Morgan fingerprint density at radius 1 is 1.19 bits per heavy atom. The standard InChI is InChI=1S/C21H14ClN5O4/c1-10-2-7-14(31-10)17(28)15-16(11-3-5-12(22)6-4-11)27(20(30)18(15)29)21-23-8-13-19(26-21)25-9-24-13/h2-9,16,29H,1H3,(H,23,24,25,26). The van der Waals surface area contributed by atoms with Crippen LogP contribution >= 0.6 is 11.6 Å². The van der Waals surface area contributed by atoms with Crippen molar-refractivity contribution in [2.75, 3.05) is 4.90 Å². The summed E-state index contributed by atoms with van der Waals surface area (Å²) in [6.45, 7) is 1.70. The van der Waals surface area contributed by atoms with Crippen LogP contribution in [0.5, 0.6) is 0 Å². The number of hydrogen-bond donors (Lipinski definition) is 2. The van der Waals surface area contributed by atoms with Crippen LogP contribution in [0, 0.1) is 6.92 Å². The Balaban J connectivity index is 1.68. The summed E-state index contributed by atoms with van der Waals surface area (Å²) in [6, 6.07) is 8.73. The van der Waals surface area contributed by atoms with E-state index in [0.717, 1.165) is 4.90 Å². The lowest BCUT2D eigenvalue weighted by Gasteiger charge is -2.24. The summed E-state index contributed by atoms with van der Waals surface area (Å²) in [5, 5.41) is 11.2. The number of anilines is 1. The van der Waals surface area contributed by atoms with E-state index in [4.69, 9.17) is 16.0 Å². The number of carbonyl (C=O) groups excluding carboxylic acids is 2. The molecule has 0 saturated carbocycles. The Bertz CT molecular complexity index is 1370. The highest BCUT2D eigenvalue weighted by molar-refractivity contribution is 6.30. The Kier molecular flexibility index (Phi) is 4.33. The predicted molar refractivity (Wildman–Crippen MR) is 111 cm³/mol. The molecule has 0 fully saturated rings. The van der Waals surface area contributed by atoms with Crippen molar-refractivity contribution < 1.29 is 19.1 Å². The zero-order chi connectivity index (χ0) is 21.7. The minimum absolute atomic E-state index is 0.00507. The van der Waals surface area contributed by atoms with E-state index in [9.17, 15) is 14.7 Å². The second-order valence-electron chi connectivity index (χ2n) is 6.94. The summed E-state index contributed by atoms with van der Waals surface area (Å²) in [4.78, 5) is 43.0. The number of amides is 1. The Labute approximate surface area is 180 Å². The lowest BCUT2D eigenvalue weighted by Crippen LogP contribution is -2.32. The number of rotatable bonds is 4. The zero-order valence-corrected chi connectivity index (χ0v) is 16.8. The number of carbonyl (C=O) groups is 2. The van der Waals surface area contributed by atoms with Crippen molar-refractivity contribution in [1.29, 1.82) is 0 Å². The van der Waals surface area contributed by atoms with E-state index in [1.165, 1.54) is 18.6 Å². The fourth-order valence-corrected chi connectivity index (χ4v) is 3.66. The molecule has 5 rings (SSSR count). The van der Waals surface area contributed by atoms with E-state index in [2.05, 4.69) is 19.9 Å². The van der Waals surface area contributed by atoms with Gasteiger partial charge >= 0.3 is 0 Å². The van der Waals surface area contributed by atoms with Crippen molar-refractivity contribution >= 4 is 40.4 Å². The minimum Gasteiger partial charge on any atom is -0.503 e. The lowest BCUT2D eigenvalue weighted by molar-refractivity contribution is -0.117. The van der Waals surface area contributed by atoms with E-state index < -0.39 is 23.5 Å². The van der Waals surface area contributed by atoms with Crippen molar-refractivity contribution in [1.82, 2.24) is 19.9 Å². The number of hydrogen-bond acceptors (Lipinski definition) is 7. The first-order valence-corrected chi connectivity index (χ1v) is 9.61. The number of nitrogens with zero attached hydrogens (tertiary/aromatic N) is 4. The van der Waals surface area contributed by atoms with Gasteiger partial charge in [-0.2, -0.15) is 4.98 Å². The van der Waals surface area contributed by atoms with Crippen LogP contribution in [0.2, 0.25) is 5.02 Å². The molecule has 1 aliphatic heterocycles. The highest BCUT2D eigenvalue weighted by atomic mass is 35.5. The van der Waals surface area contributed by atoms with Crippen LogP contribution < -0.4 is 4.90 Å². The number of aliphatic hydroxyl groups excluding tert-OH is 1. The smallest absolute Gasteiger partial charge is 0.296 e. The third kappa shape index (κ3) is 3.06. The Morgan fingerprint density at radius 3 is 2.68 bits per heavy atom. The average molecular weight is 436 g/mol. The van der Waals surface area contributed by atoms with E-state index in [1.807, 2.05) is 0 Å². The number of ketones is 1. The topological polar surface area (TPSA) is 125 Å². The number of nitrogens with one attached hydrogen (secondary N) is 1. The van der Waals surface area contributed by atoms with Gasteiger partial charge in [-0.25, -0.2) is 9.97 Å². The van der Waals surface area contributed by atoms with Crippen LogP contribution in [0.3, 0.4) is 0 Å². The van der Waals surface area contributed by atoms with Gasteiger partial charge in [0, 0.05) is 5.02 Å². The summed E-state index contributed by atoms with van der Waals surface area (Å²) in [5.41, 5.74) is 1.33. The molecular weight excluding hydrogens is 422 g/mol. The number of aliphatic hydroxyl groups is 1. The van der Waals surface area contributed by atoms with Crippen molar-refractivity contribution in [2.24, 2.45) is 0 Å². The molecule has 1 atom stereocenters. The van der Waals surface area contributed by atoms with E-state index in [-0.39, 0.29) is 17.3 Å². The molecule has 3 aromatic heterocycles. The third-order valence-electron chi connectivity index (χ3n) is 4.98. The van der Waals surface area contributed by atoms with Gasteiger partial charge in [0.05, 0.1) is 24.1 Å². The molecule has 1 amide bonds. The summed E-state index contributed by atoms with van der Waals surface area (Å²) < 4.78 is 5.44. The number of halogens is 1. The van der Waals surface area contributed by atoms with E-state index >= 15 is 0 Å². The molecule has 31 heavy (non-hydrogen) atoms. The largest absolute Gasteiger partial charge is 0.503 e. The number of aromatic nitrogens is 4. The number of aryl methyl sites for hydroxylation is 1. The molecule has 0 aliphatic carbocycles. The first-order valence-electron chi connectivity index (χ1n) is 9.23. The van der Waals surface area contributed by atoms with Gasteiger partial charge in [-0.1, -0.05) is 23.7 Å². The first kappa shape index (κ1) is 19.0. The van der Waals surface area contributed by atoms with Crippen LogP contribution in [-0.4, -0.2) is 36.7 Å². The number of Topliss-reactive ketones (excluding diaryl/α,β-unsaturated/α-hetero) is 1. The molecule has 9 nitrogen and oxygen atoms in total. The number of H-pyrrole nitrogens is 1. The maximum Gasteiger partial charge on any atom is 0.296 e. The molecule has 2 N–H and O–H groups in total. The van der Waals surface area contributed by atoms with Gasteiger partial charge in [-0.15, -0.1) is 0 Å². The number of imidazole rings is 1. The summed E-state index contributed by atoms with van der Waals surface area (Å²) in [7, 11) is 0. The van der Waals surface area contributed by atoms with Gasteiger partial charge < -0.3 is 14.5 Å². The molecule has 4 aromatic rings. The molecule has 0 spiro atoms. The van der Waals surface area contributed by atoms with Gasteiger partial charge in [-0.3, -0.25) is 14.5 Å². The fourth-order valence-electron chi connectivity index (χ4n) is 3.54. The molecule has 1 unspecified atom stereocenters. The van der Waals surface area contributed by atoms with Crippen LogP contribution in [-0.2, 0) is 4.79 Å². The number of aromatic amines is 1. The second kappa shape index (κ2) is 7.06. The average Bonchev–Trinajstić information content (AvgIpc) is 3.46. The summed E-state index contributed by atoms with van der Waals surface area (Å²) in [5.74, 6) is -1.57. The molecule has 154 valence electrons. The van der Waals surface area contributed by atoms with Crippen molar-refractivity contribution in [2.45, 2.75) is 13.0 Å². The zero-order valence-electron chi connectivity index (χ0n) is 16.0. The van der Waals surface area contributed by atoms with Crippen molar-refractivity contribution in [3.63, 3.8) is 0 Å². The van der Waals surface area contributed by atoms with Crippen molar-refractivity contribution in [3.8, 4) is 0 Å². The van der Waals surface area contributed by atoms with Gasteiger partial charge in [0.2, 0.25) is 11.7 Å². The van der Waals surface area contributed by atoms with Gasteiger partial charge in [0.1, 0.15) is 11.3 Å². The summed E-state index contributed by atoms with van der Waals surface area (Å²) in [6.07, 6.45) is 2.93. The molecular formula is C21H14ClN5O4. The Hall–Kier alpha value is -3.98. The molecule has 1 aliphatic rings. The normalized spacial score (nSPS) is 16.5. The lowest BCUT2D eigenvalue weighted by atomic mass is 9.95. The van der Waals surface area contributed by atoms with Gasteiger partial charge in [-0.05, 0) is 36.8 Å². The van der Waals surface area contributed by atoms with Crippen LogP contribution in [0.25, 0.3) is 11.2 Å². The van der Waals surface area contributed by atoms with Crippen LogP contribution in [0.15, 0.2) is 64.7 Å². The highest BCUT2D eigenvalue weighted by Crippen LogP contribution is 2.41.